The van der Waals surface area contributed by atoms with E-state index in [4.69, 9.17) is 21.0 Å². The van der Waals surface area contributed by atoms with Crippen molar-refractivity contribution in [1.29, 1.82) is 0 Å². The van der Waals surface area contributed by atoms with Crippen LogP contribution in [0.1, 0.15) is 34.7 Å². The summed E-state index contributed by atoms with van der Waals surface area (Å²) in [5, 5.41) is 18.3. The van der Waals surface area contributed by atoms with E-state index in [9.17, 15) is 19.1 Å². The van der Waals surface area contributed by atoms with Gasteiger partial charge >= 0.3 is 12.0 Å². The van der Waals surface area contributed by atoms with E-state index in [1.165, 1.54) is 36.5 Å². The molecule has 220 valence electrons. The number of aromatic carboxylic acids is 1. The molecule has 1 atom stereocenters. The third-order valence-corrected chi connectivity index (χ3v) is 7.05. The van der Waals surface area contributed by atoms with E-state index in [0.717, 1.165) is 11.1 Å². The second-order valence-corrected chi connectivity index (χ2v) is 10.2. The van der Waals surface area contributed by atoms with Crippen LogP contribution in [0.25, 0.3) is 22.2 Å². The number of pyridine rings is 1. The molecule has 3 aromatic heterocycles. The van der Waals surface area contributed by atoms with Crippen LogP contribution in [0.15, 0.2) is 87.8 Å². The number of anilines is 2. The number of rotatable bonds is 6. The summed E-state index contributed by atoms with van der Waals surface area (Å²) in [6.45, 7) is 3.46. The van der Waals surface area contributed by atoms with Crippen LogP contribution in [-0.4, -0.2) is 42.9 Å². The molecule has 1 aliphatic heterocycles. The number of carboxylic acids is 1. The van der Waals surface area contributed by atoms with Gasteiger partial charge in [-0.1, -0.05) is 23.7 Å². The fourth-order valence-corrected chi connectivity index (χ4v) is 4.88. The number of carbonyl (C=O) groups is 2. The molecule has 44 heavy (non-hydrogen) atoms. The molecule has 2 aromatic carbocycles. The number of guanidine groups is 1. The van der Waals surface area contributed by atoms with E-state index in [1.54, 1.807) is 38.4 Å². The minimum absolute atomic E-state index is 0.0410. The Morgan fingerprint density at radius 3 is 2.57 bits per heavy atom. The molecule has 6 rings (SSSR count). The second kappa shape index (κ2) is 11.5. The van der Waals surface area contributed by atoms with Crippen molar-refractivity contribution < 1.29 is 23.5 Å². The number of halogens is 2. The van der Waals surface area contributed by atoms with Crippen molar-refractivity contribution in [3.8, 4) is 11.1 Å². The quantitative estimate of drug-likeness (QED) is 0.192. The number of carboxylic acid groups (broad SMARTS) is 1. The highest BCUT2D eigenvalue weighted by atomic mass is 35.5. The standard InChI is InChI=1S/C30H22ClFN8O4/c1-14-25(27(41)38-24-10-17(28(42)43)7-8-33-24)26(20-5-3-16(9-21(20)31)18-12-34-15(2)35-13-18)39-29(36-14)40-30-37-22-6-4-19(32)11-23(22)44-30/h3-13,26H,1-2H3,(H,42,43)(H,33,38,41)(H2,36,37,39,40). The zero-order valence-electron chi connectivity index (χ0n) is 23.1. The van der Waals surface area contributed by atoms with Gasteiger partial charge in [0.2, 0.25) is 5.96 Å². The molecule has 0 saturated carbocycles. The number of hydrogen-bond acceptors (Lipinski definition) is 10. The monoisotopic (exact) mass is 612 g/mol. The van der Waals surface area contributed by atoms with Crippen LogP contribution in [0.4, 0.5) is 16.2 Å². The number of oxazole rings is 1. The van der Waals surface area contributed by atoms with E-state index < -0.39 is 23.7 Å². The number of hydrogen-bond donors (Lipinski definition) is 4. The smallest absolute Gasteiger partial charge is 0.335 e. The first-order valence-corrected chi connectivity index (χ1v) is 13.5. The predicted octanol–water partition coefficient (Wildman–Crippen LogP) is 5.50. The maximum Gasteiger partial charge on any atom is 0.335 e. The Labute approximate surface area is 253 Å². The summed E-state index contributed by atoms with van der Waals surface area (Å²) < 4.78 is 19.3. The third kappa shape index (κ3) is 5.80. The number of nitrogens with zero attached hydrogens (tertiary/aromatic N) is 5. The van der Waals surface area contributed by atoms with Gasteiger partial charge in [-0.2, -0.15) is 4.98 Å². The molecule has 4 N–H and O–H groups in total. The van der Waals surface area contributed by atoms with Crippen molar-refractivity contribution in [1.82, 2.24) is 25.3 Å². The molecular formula is C30H22ClFN8O4. The largest absolute Gasteiger partial charge is 0.478 e. The number of benzene rings is 2. The molecule has 5 aromatic rings. The van der Waals surface area contributed by atoms with Crippen LogP contribution >= 0.6 is 11.6 Å². The number of aliphatic imine (C=N–C) groups is 1. The molecular weight excluding hydrogens is 591 g/mol. The van der Waals surface area contributed by atoms with Gasteiger partial charge in [0.1, 0.15) is 29.0 Å². The fourth-order valence-electron chi connectivity index (χ4n) is 4.60. The summed E-state index contributed by atoms with van der Waals surface area (Å²) in [6.07, 6.45) is 4.66. The first kappa shape index (κ1) is 28.4. The summed E-state index contributed by atoms with van der Waals surface area (Å²) in [7, 11) is 0. The van der Waals surface area contributed by atoms with Crippen LogP contribution in [-0.2, 0) is 4.79 Å². The van der Waals surface area contributed by atoms with E-state index in [0.29, 0.717) is 27.6 Å². The molecule has 1 amide bonds. The van der Waals surface area contributed by atoms with Gasteiger partial charge < -0.3 is 20.2 Å². The first-order valence-electron chi connectivity index (χ1n) is 13.1. The fraction of sp³-hybridized carbons (Fsp3) is 0.100. The summed E-state index contributed by atoms with van der Waals surface area (Å²) >= 11 is 6.80. The van der Waals surface area contributed by atoms with E-state index in [1.807, 2.05) is 6.07 Å². The van der Waals surface area contributed by atoms with Gasteiger partial charge in [-0.25, -0.2) is 29.1 Å². The molecule has 14 heteroatoms. The molecule has 1 aliphatic rings. The maximum absolute atomic E-state index is 13.7. The van der Waals surface area contributed by atoms with Crippen LogP contribution < -0.4 is 16.0 Å². The van der Waals surface area contributed by atoms with E-state index >= 15 is 0 Å². The summed E-state index contributed by atoms with van der Waals surface area (Å²) in [4.78, 5) is 46.7. The van der Waals surface area contributed by atoms with Crippen molar-refractivity contribution in [3.05, 3.63) is 106 Å². The van der Waals surface area contributed by atoms with Crippen molar-refractivity contribution in [2.45, 2.75) is 19.9 Å². The molecule has 12 nitrogen and oxygen atoms in total. The molecule has 0 fully saturated rings. The highest BCUT2D eigenvalue weighted by Gasteiger charge is 2.32. The second-order valence-electron chi connectivity index (χ2n) is 9.74. The Kier molecular flexibility index (Phi) is 7.45. The minimum atomic E-state index is -1.16. The highest BCUT2D eigenvalue weighted by Crippen LogP contribution is 2.37. The van der Waals surface area contributed by atoms with E-state index in [-0.39, 0.29) is 34.5 Å². The van der Waals surface area contributed by atoms with Gasteiger partial charge in [0.05, 0.1) is 11.1 Å². The van der Waals surface area contributed by atoms with Gasteiger partial charge in [0, 0.05) is 46.5 Å². The van der Waals surface area contributed by atoms with Crippen molar-refractivity contribution >= 4 is 52.4 Å². The lowest BCUT2D eigenvalue weighted by molar-refractivity contribution is -0.113. The number of fused-ring (bicyclic) bond motifs is 1. The topological polar surface area (TPSA) is 168 Å². The van der Waals surface area contributed by atoms with Crippen LogP contribution in [0.3, 0.4) is 0 Å². The minimum Gasteiger partial charge on any atom is -0.478 e. The Morgan fingerprint density at radius 1 is 1.02 bits per heavy atom. The first-order chi connectivity index (χ1) is 21.1. The van der Waals surface area contributed by atoms with Crippen LogP contribution in [0, 0.1) is 12.7 Å². The average molecular weight is 613 g/mol. The number of nitrogens with one attached hydrogen (secondary N) is 3. The number of aromatic nitrogens is 4. The highest BCUT2D eigenvalue weighted by molar-refractivity contribution is 6.32. The normalized spacial score (nSPS) is 14.6. The lowest BCUT2D eigenvalue weighted by Gasteiger charge is -2.27. The van der Waals surface area contributed by atoms with Gasteiger partial charge in [-0.05, 0) is 49.7 Å². The molecule has 0 spiro atoms. The Balaban J connectivity index is 1.37. The molecule has 1 unspecified atom stereocenters. The molecule has 0 bridgehead atoms. The zero-order chi connectivity index (χ0) is 31.0. The lowest BCUT2D eigenvalue weighted by atomic mass is 9.94. The van der Waals surface area contributed by atoms with Crippen LogP contribution in [0.5, 0.6) is 0 Å². The Morgan fingerprint density at radius 2 is 1.82 bits per heavy atom. The Bertz CT molecular complexity index is 2010. The summed E-state index contributed by atoms with van der Waals surface area (Å²) in [6, 6.07) is 11.0. The van der Waals surface area contributed by atoms with Gasteiger partial charge in [-0.3, -0.25) is 10.1 Å². The molecule has 0 aliphatic carbocycles. The van der Waals surface area contributed by atoms with Gasteiger partial charge in [-0.15, -0.1) is 0 Å². The van der Waals surface area contributed by atoms with Crippen molar-refractivity contribution in [2.24, 2.45) is 4.99 Å². The van der Waals surface area contributed by atoms with Gasteiger partial charge in [0.25, 0.3) is 5.91 Å². The SMILES string of the molecule is CC1=C(C(=O)Nc2cc(C(=O)O)ccn2)C(c2ccc(-c3cnc(C)nc3)cc2Cl)N=C(Nc2nc3ccc(F)cc3o2)N1. The third-order valence-electron chi connectivity index (χ3n) is 6.72. The summed E-state index contributed by atoms with van der Waals surface area (Å²) in [5.41, 5.74) is 3.25. The number of aryl methyl sites for hydroxylation is 1. The zero-order valence-corrected chi connectivity index (χ0v) is 23.8. The van der Waals surface area contributed by atoms with Crippen molar-refractivity contribution in [2.75, 3.05) is 10.6 Å². The number of carbonyl (C=O) groups excluding carboxylic acids is 1. The average Bonchev–Trinajstić information content (AvgIpc) is 3.38. The number of allylic oxidation sites excluding steroid dienone is 1. The molecule has 4 heterocycles. The van der Waals surface area contributed by atoms with Crippen LogP contribution in [0.2, 0.25) is 5.02 Å². The predicted molar refractivity (Wildman–Crippen MR) is 161 cm³/mol. The summed E-state index contributed by atoms with van der Waals surface area (Å²) in [5.74, 6) is -1.35. The molecule has 0 radical (unpaired) electrons. The van der Waals surface area contributed by atoms with Gasteiger partial charge in [0.15, 0.2) is 5.58 Å². The maximum atomic E-state index is 13.7. The number of amides is 1. The van der Waals surface area contributed by atoms with Crippen molar-refractivity contribution in [3.63, 3.8) is 0 Å². The Hall–Kier alpha value is -5.69. The van der Waals surface area contributed by atoms with E-state index in [2.05, 4.69) is 35.9 Å². The molecule has 0 saturated heterocycles. The lowest BCUT2D eigenvalue weighted by Crippen LogP contribution is -2.37.